The number of rotatable bonds is 6. The van der Waals surface area contributed by atoms with E-state index in [2.05, 4.69) is 66.1 Å². The molecule has 0 spiro atoms. The average Bonchev–Trinajstić information content (AvgIpc) is 2.91. The van der Waals surface area contributed by atoms with Crippen LogP contribution in [0.4, 0.5) is 0 Å². The normalized spacial score (nSPS) is 17.9. The Morgan fingerprint density at radius 1 is 0.973 bits per heavy atom. The number of amides is 1. The van der Waals surface area contributed by atoms with Crippen LogP contribution in [0.1, 0.15) is 49.4 Å². The number of hydrogen-bond donors (Lipinski definition) is 2. The molecule has 37 heavy (non-hydrogen) atoms. The molecule has 2 heterocycles. The number of carboxylic acids is 2. The average molecular weight is 511 g/mol. The number of likely N-dealkylation sites (tertiary alicyclic amines) is 1. The van der Waals surface area contributed by atoms with Gasteiger partial charge >= 0.3 is 11.9 Å². The fourth-order valence-electron chi connectivity index (χ4n) is 5.29. The number of nitrogens with zero attached hydrogens (tertiary/aromatic N) is 2. The standard InChI is InChI=1S/C27H36N2O2.C2H2O4/c1-20(2)26-25-19-24(31-3)10-9-22(25)14-18-29(26)27(30)23-12-16-28(17-13-23)15-11-21-7-5-4-6-8-21;3-1(4)2(5)6/h4-10,19-20,23,26H,11-18H2,1-3H3;(H,3,4)(H,5,6). The Bertz CT molecular complexity index is 1050. The highest BCUT2D eigenvalue weighted by molar-refractivity contribution is 6.27. The molecule has 2 aromatic carbocycles. The van der Waals surface area contributed by atoms with Gasteiger partial charge in [-0.25, -0.2) is 9.59 Å². The van der Waals surface area contributed by atoms with Crippen molar-refractivity contribution in [2.24, 2.45) is 11.8 Å². The van der Waals surface area contributed by atoms with Gasteiger partial charge in [0.15, 0.2) is 0 Å². The molecule has 0 bridgehead atoms. The van der Waals surface area contributed by atoms with Gasteiger partial charge in [-0.05, 0) is 73.5 Å². The summed E-state index contributed by atoms with van der Waals surface area (Å²) in [5.41, 5.74) is 4.02. The molecule has 0 radical (unpaired) electrons. The van der Waals surface area contributed by atoms with Crippen LogP contribution in [0.2, 0.25) is 0 Å². The minimum atomic E-state index is -1.82. The van der Waals surface area contributed by atoms with E-state index < -0.39 is 11.9 Å². The van der Waals surface area contributed by atoms with Gasteiger partial charge in [0.05, 0.1) is 13.2 Å². The van der Waals surface area contributed by atoms with Crippen LogP contribution in [0.3, 0.4) is 0 Å². The van der Waals surface area contributed by atoms with Crippen LogP contribution in [0.25, 0.3) is 0 Å². The maximum atomic E-state index is 13.6. The summed E-state index contributed by atoms with van der Waals surface area (Å²) >= 11 is 0. The Kier molecular flexibility index (Phi) is 10.1. The van der Waals surface area contributed by atoms with E-state index in [9.17, 15) is 4.79 Å². The van der Waals surface area contributed by atoms with Crippen LogP contribution >= 0.6 is 0 Å². The third-order valence-electron chi connectivity index (χ3n) is 7.22. The number of methoxy groups -OCH3 is 1. The highest BCUT2D eigenvalue weighted by atomic mass is 16.5. The maximum Gasteiger partial charge on any atom is 0.414 e. The summed E-state index contributed by atoms with van der Waals surface area (Å²) in [6.45, 7) is 8.41. The third-order valence-corrected chi connectivity index (χ3v) is 7.22. The fourth-order valence-corrected chi connectivity index (χ4v) is 5.29. The van der Waals surface area contributed by atoms with Gasteiger partial charge in [0, 0.05) is 19.0 Å². The molecule has 1 fully saturated rings. The molecule has 2 aromatic rings. The van der Waals surface area contributed by atoms with Crippen molar-refractivity contribution >= 4 is 17.8 Å². The molecule has 1 unspecified atom stereocenters. The Labute approximate surface area is 218 Å². The zero-order valence-electron chi connectivity index (χ0n) is 21.9. The quantitative estimate of drug-likeness (QED) is 0.568. The van der Waals surface area contributed by atoms with Gasteiger partial charge in [0.1, 0.15) is 5.75 Å². The van der Waals surface area contributed by atoms with Crippen LogP contribution in [-0.4, -0.2) is 71.1 Å². The molecule has 4 rings (SSSR count). The van der Waals surface area contributed by atoms with Crippen molar-refractivity contribution in [2.75, 3.05) is 33.3 Å². The van der Waals surface area contributed by atoms with E-state index in [4.69, 9.17) is 24.5 Å². The van der Waals surface area contributed by atoms with Gasteiger partial charge in [-0.1, -0.05) is 50.2 Å². The molecule has 200 valence electrons. The van der Waals surface area contributed by atoms with Crippen LogP contribution in [-0.2, 0) is 27.2 Å². The number of fused-ring (bicyclic) bond motifs is 1. The lowest BCUT2D eigenvalue weighted by atomic mass is 9.84. The summed E-state index contributed by atoms with van der Waals surface area (Å²) in [5.74, 6) is -1.88. The molecule has 8 nitrogen and oxygen atoms in total. The minimum Gasteiger partial charge on any atom is -0.497 e. The van der Waals surface area contributed by atoms with Crippen molar-refractivity contribution in [1.29, 1.82) is 0 Å². The van der Waals surface area contributed by atoms with E-state index in [1.807, 2.05) is 6.07 Å². The second kappa shape index (κ2) is 13.2. The first-order chi connectivity index (χ1) is 17.7. The summed E-state index contributed by atoms with van der Waals surface area (Å²) in [6, 6.07) is 17.2. The summed E-state index contributed by atoms with van der Waals surface area (Å²) in [5, 5.41) is 14.8. The molecular formula is C29H38N2O6. The van der Waals surface area contributed by atoms with E-state index >= 15 is 0 Å². The maximum absolute atomic E-state index is 13.6. The number of ether oxygens (including phenoxy) is 1. The fraction of sp³-hybridized carbons (Fsp3) is 0.483. The van der Waals surface area contributed by atoms with E-state index in [-0.39, 0.29) is 12.0 Å². The second-order valence-electron chi connectivity index (χ2n) is 10.00. The molecule has 1 saturated heterocycles. The summed E-state index contributed by atoms with van der Waals surface area (Å²) < 4.78 is 5.48. The van der Waals surface area contributed by atoms with Crippen molar-refractivity contribution in [3.05, 3.63) is 65.2 Å². The highest BCUT2D eigenvalue weighted by Crippen LogP contribution is 2.38. The van der Waals surface area contributed by atoms with Crippen LogP contribution < -0.4 is 4.74 Å². The van der Waals surface area contributed by atoms with E-state index in [1.165, 1.54) is 16.7 Å². The number of carbonyl (C=O) groups is 3. The highest BCUT2D eigenvalue weighted by Gasteiger charge is 2.37. The van der Waals surface area contributed by atoms with E-state index in [0.29, 0.717) is 11.8 Å². The Morgan fingerprint density at radius 2 is 1.62 bits per heavy atom. The smallest absolute Gasteiger partial charge is 0.414 e. The van der Waals surface area contributed by atoms with Gasteiger partial charge in [-0.15, -0.1) is 0 Å². The van der Waals surface area contributed by atoms with Crippen LogP contribution in [0.15, 0.2) is 48.5 Å². The monoisotopic (exact) mass is 510 g/mol. The van der Waals surface area contributed by atoms with E-state index in [0.717, 1.165) is 57.6 Å². The lowest BCUT2D eigenvalue weighted by Crippen LogP contribution is -2.47. The first kappa shape index (κ1) is 28.2. The van der Waals surface area contributed by atoms with Crippen molar-refractivity contribution in [1.82, 2.24) is 9.80 Å². The lowest BCUT2D eigenvalue weighted by molar-refractivity contribution is -0.159. The molecular weight excluding hydrogens is 472 g/mol. The molecule has 1 amide bonds. The zero-order valence-corrected chi connectivity index (χ0v) is 21.9. The van der Waals surface area contributed by atoms with Crippen molar-refractivity contribution in [3.8, 4) is 5.75 Å². The largest absolute Gasteiger partial charge is 0.497 e. The topological polar surface area (TPSA) is 107 Å². The van der Waals surface area contributed by atoms with Crippen molar-refractivity contribution in [3.63, 3.8) is 0 Å². The van der Waals surface area contributed by atoms with Crippen LogP contribution in [0, 0.1) is 11.8 Å². The van der Waals surface area contributed by atoms with Gasteiger partial charge in [0.2, 0.25) is 5.91 Å². The molecule has 0 saturated carbocycles. The predicted octanol–water partition coefficient (Wildman–Crippen LogP) is 3.89. The molecule has 0 aliphatic carbocycles. The molecule has 0 aromatic heterocycles. The van der Waals surface area contributed by atoms with Crippen LogP contribution in [0.5, 0.6) is 5.75 Å². The first-order valence-electron chi connectivity index (χ1n) is 12.9. The van der Waals surface area contributed by atoms with Crippen molar-refractivity contribution < 1.29 is 29.3 Å². The summed E-state index contributed by atoms with van der Waals surface area (Å²) in [7, 11) is 1.71. The van der Waals surface area contributed by atoms with Gasteiger partial charge in [-0.3, -0.25) is 4.79 Å². The number of carbonyl (C=O) groups excluding carboxylic acids is 1. The third kappa shape index (κ3) is 7.55. The first-order valence-corrected chi connectivity index (χ1v) is 12.9. The zero-order chi connectivity index (χ0) is 26.9. The Hall–Kier alpha value is -3.39. The van der Waals surface area contributed by atoms with Gasteiger partial charge in [0.25, 0.3) is 0 Å². The molecule has 2 aliphatic heterocycles. The minimum absolute atomic E-state index is 0.141. The molecule has 2 aliphatic rings. The summed E-state index contributed by atoms with van der Waals surface area (Å²) in [4.78, 5) is 36.5. The molecule has 8 heteroatoms. The summed E-state index contributed by atoms with van der Waals surface area (Å²) in [6.07, 6.45) is 3.96. The Morgan fingerprint density at radius 3 is 2.19 bits per heavy atom. The van der Waals surface area contributed by atoms with Gasteiger partial charge in [-0.2, -0.15) is 0 Å². The number of benzene rings is 2. The number of piperidine rings is 1. The number of carboxylic acid groups (broad SMARTS) is 2. The van der Waals surface area contributed by atoms with Gasteiger partial charge < -0.3 is 24.7 Å². The van der Waals surface area contributed by atoms with Crippen molar-refractivity contribution in [2.45, 2.75) is 45.6 Å². The SMILES string of the molecule is COc1ccc2c(c1)C(C(C)C)N(C(=O)C1CCN(CCc3ccccc3)CC1)CC2.O=C(O)C(=O)O. The van der Waals surface area contributed by atoms with E-state index in [1.54, 1.807) is 7.11 Å². The molecule has 2 N–H and O–H groups in total. The second-order valence-corrected chi connectivity index (χ2v) is 10.00. The number of hydrogen-bond acceptors (Lipinski definition) is 5. The number of aliphatic carboxylic acids is 2. The lowest BCUT2D eigenvalue weighted by Gasteiger charge is -2.42. The molecule has 1 atom stereocenters. The Balaban J connectivity index is 0.000000568. The predicted molar refractivity (Wildman–Crippen MR) is 141 cm³/mol.